The van der Waals surface area contributed by atoms with E-state index < -0.39 is 0 Å². The van der Waals surface area contributed by atoms with Crippen molar-refractivity contribution in [1.82, 2.24) is 9.21 Å². The van der Waals surface area contributed by atoms with Gasteiger partial charge in [-0.05, 0) is 36.1 Å². The van der Waals surface area contributed by atoms with Gasteiger partial charge in [-0.1, -0.05) is 24.3 Å². The molecule has 152 valence electrons. The van der Waals surface area contributed by atoms with Gasteiger partial charge < -0.3 is 10.1 Å². The monoisotopic (exact) mass is 413 g/mol. The van der Waals surface area contributed by atoms with Crippen LogP contribution >= 0.6 is 11.9 Å². The molecule has 6 nitrogen and oxygen atoms in total. The average Bonchev–Trinajstić information content (AvgIpc) is 3.13. The summed E-state index contributed by atoms with van der Waals surface area (Å²) in [7, 11) is 1.35. The van der Waals surface area contributed by atoms with Crippen molar-refractivity contribution in [3.63, 3.8) is 0 Å². The van der Waals surface area contributed by atoms with Crippen LogP contribution in [0.1, 0.15) is 24.5 Å². The summed E-state index contributed by atoms with van der Waals surface area (Å²) in [6, 6.07) is 15.8. The summed E-state index contributed by atoms with van der Waals surface area (Å²) < 4.78 is 4.77. The first kappa shape index (κ1) is 21.1. The van der Waals surface area contributed by atoms with Crippen LogP contribution in [0.5, 0.6) is 0 Å². The first-order valence-electron chi connectivity index (χ1n) is 9.51. The number of rotatable bonds is 8. The molecule has 2 amide bonds. The lowest BCUT2D eigenvalue weighted by Gasteiger charge is -2.32. The van der Waals surface area contributed by atoms with Gasteiger partial charge >= 0.3 is 11.9 Å². The average molecular weight is 414 g/mol. The lowest BCUT2D eigenvalue weighted by Crippen LogP contribution is -2.48. The van der Waals surface area contributed by atoms with E-state index in [9.17, 15) is 14.4 Å². The molecule has 0 bridgehead atoms. The maximum absolute atomic E-state index is 13.0. The van der Waals surface area contributed by atoms with Gasteiger partial charge in [0.25, 0.3) is 0 Å². The summed E-state index contributed by atoms with van der Waals surface area (Å²) in [5, 5.41) is 2.84. The van der Waals surface area contributed by atoms with Crippen molar-refractivity contribution in [1.29, 1.82) is 0 Å². The molecule has 2 unspecified atom stereocenters. The van der Waals surface area contributed by atoms with E-state index in [1.165, 1.54) is 24.6 Å². The molecule has 2 aromatic rings. The normalized spacial score (nSPS) is 17.1. The van der Waals surface area contributed by atoms with E-state index in [-0.39, 0.29) is 34.8 Å². The van der Waals surface area contributed by atoms with Crippen molar-refractivity contribution in [3.8, 4) is 0 Å². The summed E-state index contributed by atoms with van der Waals surface area (Å²) in [5.41, 5.74) is 3.12. The highest BCUT2D eigenvalue weighted by Gasteiger charge is 2.40. The Morgan fingerprint density at radius 3 is 2.55 bits per heavy atom. The van der Waals surface area contributed by atoms with E-state index in [1.54, 1.807) is 6.92 Å². The third kappa shape index (κ3) is 4.68. The Bertz CT molecular complexity index is 903. The third-order valence-corrected chi connectivity index (χ3v) is 6.66. The highest BCUT2D eigenvalue weighted by molar-refractivity contribution is 7.99. The van der Waals surface area contributed by atoms with Gasteiger partial charge in [-0.15, -0.1) is 0 Å². The molecule has 0 radical (unpaired) electrons. The molecule has 0 heterocycles. The van der Waals surface area contributed by atoms with Crippen LogP contribution in [0.2, 0.25) is 0 Å². The molecule has 2 aromatic carbocycles. The second-order valence-corrected chi connectivity index (χ2v) is 8.33. The van der Waals surface area contributed by atoms with Gasteiger partial charge in [0, 0.05) is 18.2 Å². The van der Waals surface area contributed by atoms with Crippen LogP contribution in [0, 0.1) is 0 Å². The molecule has 1 N–H and O–H groups in total. The maximum atomic E-state index is 13.0. The van der Waals surface area contributed by atoms with Gasteiger partial charge in [-0.25, -0.2) is 4.79 Å². The van der Waals surface area contributed by atoms with Gasteiger partial charge in [0.05, 0.1) is 25.3 Å². The third-order valence-electron chi connectivity index (χ3n) is 5.21. The predicted octanol–water partition coefficient (Wildman–Crippen LogP) is 3.02. The molecule has 0 spiro atoms. The van der Waals surface area contributed by atoms with Crippen molar-refractivity contribution in [3.05, 3.63) is 59.7 Å². The fourth-order valence-corrected chi connectivity index (χ4v) is 4.86. The number of carbonyl (C=O) groups excluding carboxylic acids is 3. The highest BCUT2D eigenvalue weighted by atomic mass is 32.2. The molecule has 3 rings (SSSR count). The first-order valence-corrected chi connectivity index (χ1v) is 10.3. The Kier molecular flexibility index (Phi) is 6.71. The first-order chi connectivity index (χ1) is 14.0. The topological polar surface area (TPSA) is 72.5 Å². The molecule has 0 aromatic heterocycles. The fraction of sp³-hybridized carbons (Fsp3) is 0.318. The highest BCUT2D eigenvalue weighted by Crippen LogP contribution is 2.40. The number of benzene rings is 2. The van der Waals surface area contributed by atoms with Gasteiger partial charge in [-0.2, -0.15) is 3.89 Å². The fourth-order valence-electron chi connectivity index (χ4n) is 3.69. The zero-order valence-electron chi connectivity index (χ0n) is 16.6. The molecule has 0 saturated carbocycles. The minimum atomic E-state index is -0.348. The standard InChI is InChI=1S/C22H24N2O4S/c1-16(26)24(11-10-22(27)28-2,29-21-6-4-3-5-7-21)20-9-8-17-12-19(23-15-25)13-18(17)14-20/h3-9,14-15,19H,10-13H2,1-2H3/p+1. The zero-order chi connectivity index (χ0) is 20.9. The van der Waals surface area contributed by atoms with Crippen LogP contribution in [0.15, 0.2) is 53.4 Å². The minimum Gasteiger partial charge on any atom is -0.469 e. The summed E-state index contributed by atoms with van der Waals surface area (Å²) >= 11 is 1.41. The molecular formula is C22H25N2O4S+. The van der Waals surface area contributed by atoms with Crippen LogP contribution in [-0.2, 0) is 32.0 Å². The maximum Gasteiger partial charge on any atom is 0.327 e. The second kappa shape index (κ2) is 9.24. The molecule has 7 heteroatoms. The molecule has 29 heavy (non-hydrogen) atoms. The largest absolute Gasteiger partial charge is 0.469 e. The van der Waals surface area contributed by atoms with Crippen LogP contribution in [0.3, 0.4) is 0 Å². The van der Waals surface area contributed by atoms with Crippen molar-refractivity contribution in [2.24, 2.45) is 0 Å². The number of nitrogens with one attached hydrogen (secondary N) is 1. The lowest BCUT2D eigenvalue weighted by molar-refractivity contribution is -0.140. The number of methoxy groups -OCH3 is 1. The number of amides is 2. The molecule has 0 fully saturated rings. The van der Waals surface area contributed by atoms with E-state index in [0.29, 0.717) is 0 Å². The smallest absolute Gasteiger partial charge is 0.327 e. The van der Waals surface area contributed by atoms with Crippen molar-refractivity contribution in [2.45, 2.75) is 37.1 Å². The van der Waals surface area contributed by atoms with Crippen LogP contribution in [0.25, 0.3) is 0 Å². The molecule has 1 aliphatic rings. The van der Waals surface area contributed by atoms with E-state index in [1.807, 2.05) is 48.5 Å². The number of fused-ring (bicyclic) bond motifs is 1. The zero-order valence-corrected chi connectivity index (χ0v) is 17.4. The van der Waals surface area contributed by atoms with Crippen molar-refractivity contribution in [2.75, 3.05) is 13.7 Å². The van der Waals surface area contributed by atoms with E-state index >= 15 is 0 Å². The number of hydrogen-bond acceptors (Lipinski definition) is 5. The van der Waals surface area contributed by atoms with E-state index in [2.05, 4.69) is 5.32 Å². The number of quaternary nitrogens is 1. The van der Waals surface area contributed by atoms with Crippen LogP contribution in [-0.4, -0.2) is 38.0 Å². The van der Waals surface area contributed by atoms with Crippen molar-refractivity contribution >= 4 is 35.9 Å². The Balaban J connectivity index is 2.00. The van der Waals surface area contributed by atoms with Crippen LogP contribution in [0.4, 0.5) is 5.69 Å². The quantitative estimate of drug-likeness (QED) is 0.312. The Morgan fingerprint density at radius 1 is 1.17 bits per heavy atom. The predicted molar refractivity (Wildman–Crippen MR) is 113 cm³/mol. The molecule has 1 aliphatic carbocycles. The summed E-state index contributed by atoms with van der Waals surface area (Å²) in [5.74, 6) is -0.415. The van der Waals surface area contributed by atoms with Gasteiger partial charge in [0.2, 0.25) is 6.41 Å². The molecular weight excluding hydrogens is 388 g/mol. The lowest BCUT2D eigenvalue weighted by atomic mass is 10.1. The summed E-state index contributed by atoms with van der Waals surface area (Å²) in [4.78, 5) is 36.6. The summed E-state index contributed by atoms with van der Waals surface area (Å²) in [6.45, 7) is 1.84. The van der Waals surface area contributed by atoms with Gasteiger partial charge in [-0.3, -0.25) is 9.59 Å². The SMILES string of the molecule is COC(=O)CC[N+](Sc1ccccc1)(C(C)=O)c1ccc2c(c1)CC(NC=O)C2. The Morgan fingerprint density at radius 2 is 1.90 bits per heavy atom. The number of esters is 1. The number of nitrogens with zero attached hydrogens (tertiary/aromatic N) is 1. The van der Waals surface area contributed by atoms with Crippen molar-refractivity contribution < 1.29 is 19.1 Å². The molecule has 2 atom stereocenters. The Hall–Kier alpha value is -2.64. The van der Waals surface area contributed by atoms with E-state index in [4.69, 9.17) is 4.74 Å². The number of hydrogen-bond donors (Lipinski definition) is 1. The Labute approximate surface area is 175 Å². The molecule has 0 aliphatic heterocycles. The minimum absolute atomic E-state index is 0.0435. The number of carbonyl (C=O) groups is 3. The second-order valence-electron chi connectivity index (χ2n) is 7.06. The van der Waals surface area contributed by atoms with Crippen LogP contribution < -0.4 is 9.21 Å². The summed E-state index contributed by atoms with van der Waals surface area (Å²) in [6.07, 6.45) is 2.37. The molecule has 0 saturated heterocycles. The van der Waals surface area contributed by atoms with Gasteiger partial charge in [0.1, 0.15) is 18.5 Å². The van der Waals surface area contributed by atoms with E-state index in [0.717, 1.165) is 35.4 Å². The number of ether oxygens (including phenoxy) is 1. The van der Waals surface area contributed by atoms with Gasteiger partial charge in [0.15, 0.2) is 5.69 Å².